The number of amides is 1. The molecule has 6 nitrogen and oxygen atoms in total. The Balaban J connectivity index is 2.28. The number of nitrogens with two attached hydrogens (primary N) is 1. The van der Waals surface area contributed by atoms with Gasteiger partial charge in [-0.2, -0.15) is 0 Å². The van der Waals surface area contributed by atoms with Crippen molar-refractivity contribution < 1.29 is 9.53 Å². The number of ether oxygens (including phenoxy) is 1. The topological polar surface area (TPSA) is 81.3 Å². The molecule has 1 saturated heterocycles. The molecule has 1 aromatic rings. The van der Waals surface area contributed by atoms with Crippen LogP contribution in [0.5, 0.6) is 0 Å². The summed E-state index contributed by atoms with van der Waals surface area (Å²) in [7, 11) is 0. The van der Waals surface area contributed by atoms with Gasteiger partial charge in [-0.05, 0) is 6.07 Å². The Bertz CT molecular complexity index is 436. The van der Waals surface area contributed by atoms with Crippen molar-refractivity contribution >= 4 is 11.7 Å². The summed E-state index contributed by atoms with van der Waals surface area (Å²) in [6.45, 7) is 5.57. The molecule has 1 aliphatic rings. The fourth-order valence-corrected chi connectivity index (χ4v) is 1.92. The first-order valence-electron chi connectivity index (χ1n) is 6.06. The maximum absolute atomic E-state index is 11.4. The fourth-order valence-electron chi connectivity index (χ4n) is 1.92. The minimum absolute atomic E-state index is 0.248. The maximum Gasteiger partial charge on any atom is 0.242 e. The Morgan fingerprint density at radius 1 is 1.61 bits per heavy atom. The van der Waals surface area contributed by atoms with E-state index in [9.17, 15) is 4.79 Å². The van der Waals surface area contributed by atoms with Gasteiger partial charge in [-0.1, -0.05) is 13.8 Å². The second-order valence-electron chi connectivity index (χ2n) is 4.61. The molecule has 0 radical (unpaired) electrons. The molecule has 0 saturated carbocycles. The number of rotatable bonds is 3. The summed E-state index contributed by atoms with van der Waals surface area (Å²) in [6.07, 6.45) is 1.71. The van der Waals surface area contributed by atoms with Crippen LogP contribution in [0, 0.1) is 0 Å². The van der Waals surface area contributed by atoms with E-state index in [1.54, 1.807) is 12.3 Å². The maximum atomic E-state index is 11.4. The highest BCUT2D eigenvalue weighted by atomic mass is 16.5. The molecule has 1 aliphatic heterocycles. The number of nitrogens with zero attached hydrogens (tertiary/aromatic N) is 3. The van der Waals surface area contributed by atoms with Crippen LogP contribution in [0.2, 0.25) is 0 Å². The Labute approximate surface area is 106 Å². The average Bonchev–Trinajstić information content (AvgIpc) is 2.39. The molecule has 0 spiro atoms. The molecule has 1 amide bonds. The predicted octanol–water partition coefficient (Wildman–Crippen LogP) is 0.290. The minimum atomic E-state index is -0.450. The van der Waals surface area contributed by atoms with Crippen LogP contribution < -0.4 is 10.6 Å². The monoisotopic (exact) mass is 250 g/mol. The number of carbonyl (C=O) groups is 1. The van der Waals surface area contributed by atoms with Gasteiger partial charge in [0.25, 0.3) is 0 Å². The van der Waals surface area contributed by atoms with Crippen molar-refractivity contribution in [1.29, 1.82) is 0 Å². The molecule has 1 unspecified atom stereocenters. The van der Waals surface area contributed by atoms with Gasteiger partial charge >= 0.3 is 0 Å². The van der Waals surface area contributed by atoms with Gasteiger partial charge in [-0.3, -0.25) is 4.79 Å². The number of primary amides is 1. The second kappa shape index (κ2) is 5.30. The Morgan fingerprint density at radius 2 is 2.39 bits per heavy atom. The van der Waals surface area contributed by atoms with E-state index in [1.807, 2.05) is 18.7 Å². The van der Waals surface area contributed by atoms with Gasteiger partial charge in [0.15, 0.2) is 0 Å². The zero-order valence-corrected chi connectivity index (χ0v) is 10.7. The number of morpholine rings is 1. The van der Waals surface area contributed by atoms with Gasteiger partial charge in [-0.15, -0.1) is 0 Å². The number of aromatic nitrogens is 2. The molecule has 18 heavy (non-hydrogen) atoms. The largest absolute Gasteiger partial charge is 0.377 e. The molecule has 2 N–H and O–H groups in total. The summed E-state index contributed by atoms with van der Waals surface area (Å²) in [5, 5.41) is 0. The third-order valence-corrected chi connectivity index (χ3v) is 2.93. The molecular formula is C12H18N4O2. The number of carbonyl (C=O) groups excluding carboxylic acids is 1. The fraction of sp³-hybridized carbons (Fsp3) is 0.583. The van der Waals surface area contributed by atoms with Crippen molar-refractivity contribution in [2.45, 2.75) is 25.8 Å². The molecule has 6 heteroatoms. The van der Waals surface area contributed by atoms with Crippen LogP contribution in [-0.2, 0) is 9.53 Å². The highest BCUT2D eigenvalue weighted by Crippen LogP contribution is 2.19. The van der Waals surface area contributed by atoms with Crippen LogP contribution in [0.25, 0.3) is 0 Å². The van der Waals surface area contributed by atoms with Crippen molar-refractivity contribution in [2.75, 3.05) is 24.7 Å². The molecule has 0 aromatic carbocycles. The van der Waals surface area contributed by atoms with Gasteiger partial charge in [0.1, 0.15) is 17.7 Å². The van der Waals surface area contributed by atoms with E-state index in [4.69, 9.17) is 10.5 Å². The zero-order chi connectivity index (χ0) is 13.1. The lowest BCUT2D eigenvalue weighted by atomic mass is 10.2. The highest BCUT2D eigenvalue weighted by molar-refractivity contribution is 5.83. The van der Waals surface area contributed by atoms with Crippen molar-refractivity contribution in [2.24, 2.45) is 5.73 Å². The van der Waals surface area contributed by atoms with E-state index in [-0.39, 0.29) is 11.8 Å². The summed E-state index contributed by atoms with van der Waals surface area (Å²) >= 11 is 0. The van der Waals surface area contributed by atoms with Gasteiger partial charge in [0.2, 0.25) is 5.91 Å². The SMILES string of the molecule is CC(C)c1nccc(N2CCOCC2C(N)=O)n1. The summed E-state index contributed by atoms with van der Waals surface area (Å²) in [5.41, 5.74) is 5.39. The van der Waals surface area contributed by atoms with Crippen LogP contribution in [-0.4, -0.2) is 41.7 Å². The van der Waals surface area contributed by atoms with E-state index in [0.717, 1.165) is 11.6 Å². The average molecular weight is 250 g/mol. The summed E-state index contributed by atoms with van der Waals surface area (Å²) in [6, 6.07) is 1.35. The Hall–Kier alpha value is -1.69. The van der Waals surface area contributed by atoms with Crippen molar-refractivity contribution in [1.82, 2.24) is 9.97 Å². The third-order valence-electron chi connectivity index (χ3n) is 2.93. The van der Waals surface area contributed by atoms with E-state index < -0.39 is 6.04 Å². The molecular weight excluding hydrogens is 232 g/mol. The van der Waals surface area contributed by atoms with E-state index in [0.29, 0.717) is 19.8 Å². The van der Waals surface area contributed by atoms with E-state index >= 15 is 0 Å². The molecule has 98 valence electrons. The molecule has 1 atom stereocenters. The smallest absolute Gasteiger partial charge is 0.242 e. The van der Waals surface area contributed by atoms with Crippen LogP contribution >= 0.6 is 0 Å². The quantitative estimate of drug-likeness (QED) is 0.834. The van der Waals surface area contributed by atoms with Crippen LogP contribution in [0.3, 0.4) is 0 Å². The molecule has 0 aliphatic carbocycles. The highest BCUT2D eigenvalue weighted by Gasteiger charge is 2.28. The second-order valence-corrected chi connectivity index (χ2v) is 4.61. The predicted molar refractivity (Wildman–Crippen MR) is 67.3 cm³/mol. The molecule has 1 aromatic heterocycles. The van der Waals surface area contributed by atoms with Gasteiger partial charge in [0.05, 0.1) is 13.2 Å². The summed E-state index contributed by atoms with van der Waals surface area (Å²) < 4.78 is 5.29. The number of hydrogen-bond acceptors (Lipinski definition) is 5. The van der Waals surface area contributed by atoms with Crippen molar-refractivity contribution in [3.63, 3.8) is 0 Å². The lowest BCUT2D eigenvalue weighted by molar-refractivity contribution is -0.121. The first kappa shape index (κ1) is 12.8. The minimum Gasteiger partial charge on any atom is -0.377 e. The number of hydrogen-bond donors (Lipinski definition) is 1. The number of anilines is 1. The summed E-state index contributed by atoms with van der Waals surface area (Å²) in [5.74, 6) is 1.36. The van der Waals surface area contributed by atoms with Gasteiger partial charge in [0, 0.05) is 18.7 Å². The summed E-state index contributed by atoms with van der Waals surface area (Å²) in [4.78, 5) is 22.0. The van der Waals surface area contributed by atoms with Crippen LogP contribution in [0.1, 0.15) is 25.6 Å². The normalized spacial score (nSPS) is 20.2. The standard InChI is InChI=1S/C12H18N4O2/c1-8(2)12-14-4-3-10(15-12)16-5-6-18-7-9(16)11(13)17/h3-4,8-9H,5-7H2,1-2H3,(H2,13,17). The van der Waals surface area contributed by atoms with E-state index in [1.165, 1.54) is 0 Å². The van der Waals surface area contributed by atoms with Gasteiger partial charge in [-0.25, -0.2) is 9.97 Å². The molecule has 2 rings (SSSR count). The molecule has 2 heterocycles. The third kappa shape index (κ3) is 2.59. The van der Waals surface area contributed by atoms with Crippen LogP contribution in [0.15, 0.2) is 12.3 Å². The van der Waals surface area contributed by atoms with E-state index in [2.05, 4.69) is 9.97 Å². The van der Waals surface area contributed by atoms with Crippen LogP contribution in [0.4, 0.5) is 5.82 Å². The van der Waals surface area contributed by atoms with Gasteiger partial charge < -0.3 is 15.4 Å². The Morgan fingerprint density at radius 3 is 3.06 bits per heavy atom. The van der Waals surface area contributed by atoms with Crippen molar-refractivity contribution in [3.05, 3.63) is 18.1 Å². The molecule has 1 fully saturated rings. The lowest BCUT2D eigenvalue weighted by Crippen LogP contribution is -2.53. The Kier molecular flexibility index (Phi) is 3.76. The first-order chi connectivity index (χ1) is 8.59. The zero-order valence-electron chi connectivity index (χ0n) is 10.7. The van der Waals surface area contributed by atoms with Crippen molar-refractivity contribution in [3.8, 4) is 0 Å². The first-order valence-corrected chi connectivity index (χ1v) is 6.06. The lowest BCUT2D eigenvalue weighted by Gasteiger charge is -2.34. The molecule has 0 bridgehead atoms.